The molecular formula is C20H12F2N2OS. The summed E-state index contributed by atoms with van der Waals surface area (Å²) in [5.74, 6) is -1.52. The van der Waals surface area contributed by atoms with E-state index >= 15 is 0 Å². The third-order valence-electron chi connectivity index (χ3n) is 4.04. The number of thiazole rings is 1. The van der Waals surface area contributed by atoms with E-state index in [-0.39, 0.29) is 5.69 Å². The molecule has 1 heterocycles. The number of carbonyl (C=O) groups excluding carboxylic acids is 1. The molecule has 0 spiro atoms. The molecule has 0 atom stereocenters. The van der Waals surface area contributed by atoms with E-state index in [1.54, 1.807) is 0 Å². The van der Waals surface area contributed by atoms with E-state index in [1.165, 1.54) is 17.4 Å². The Hall–Kier alpha value is -3.12. The maximum absolute atomic E-state index is 14.0. The van der Waals surface area contributed by atoms with E-state index in [4.69, 9.17) is 0 Å². The van der Waals surface area contributed by atoms with Crippen molar-refractivity contribution in [1.29, 1.82) is 0 Å². The van der Waals surface area contributed by atoms with Crippen LogP contribution in [0.25, 0.3) is 22.0 Å². The van der Waals surface area contributed by atoms with Crippen molar-refractivity contribution in [2.45, 2.75) is 0 Å². The van der Waals surface area contributed by atoms with Gasteiger partial charge in [-0.15, -0.1) is 11.3 Å². The first kappa shape index (κ1) is 16.4. The van der Waals surface area contributed by atoms with Crippen molar-refractivity contribution < 1.29 is 13.6 Å². The Bertz CT molecular complexity index is 1100. The highest BCUT2D eigenvalue weighted by Gasteiger charge is 2.18. The summed E-state index contributed by atoms with van der Waals surface area (Å²) >= 11 is 1.22. The Morgan fingerprint density at radius 1 is 1.00 bits per heavy atom. The highest BCUT2D eigenvalue weighted by atomic mass is 32.1. The fraction of sp³-hybridized carbons (Fsp3) is 0. The molecule has 4 aromatic rings. The molecule has 26 heavy (non-hydrogen) atoms. The Labute approximate surface area is 152 Å². The summed E-state index contributed by atoms with van der Waals surface area (Å²) in [5.41, 5.74) is 1.58. The van der Waals surface area contributed by atoms with Gasteiger partial charge in [-0.3, -0.25) is 9.69 Å². The normalized spacial score (nSPS) is 10.8. The van der Waals surface area contributed by atoms with Gasteiger partial charge < -0.3 is 0 Å². The molecule has 3 aromatic carbocycles. The highest BCUT2D eigenvalue weighted by Crippen LogP contribution is 2.35. The average molecular weight is 366 g/mol. The number of fused-ring (bicyclic) bond motifs is 1. The molecule has 0 saturated carbocycles. The SMILES string of the molecule is O=CN(c1nc(-c2cccc3ccccc23)cs1)c1ccc(F)cc1F. The smallest absolute Gasteiger partial charge is 0.220 e. The lowest BCUT2D eigenvalue weighted by atomic mass is 10.0. The Morgan fingerprint density at radius 3 is 2.62 bits per heavy atom. The maximum Gasteiger partial charge on any atom is 0.220 e. The molecule has 6 heteroatoms. The molecule has 0 N–H and O–H groups in total. The predicted molar refractivity (Wildman–Crippen MR) is 99.6 cm³/mol. The Kier molecular flexibility index (Phi) is 4.18. The number of rotatable bonds is 4. The number of amides is 1. The van der Waals surface area contributed by atoms with Crippen LogP contribution in [0.3, 0.4) is 0 Å². The number of carbonyl (C=O) groups is 1. The minimum absolute atomic E-state index is 0.0415. The molecule has 1 aromatic heterocycles. The molecule has 0 fully saturated rings. The number of benzene rings is 3. The highest BCUT2D eigenvalue weighted by molar-refractivity contribution is 7.14. The summed E-state index contributed by atoms with van der Waals surface area (Å²) in [4.78, 5) is 17.1. The molecule has 128 valence electrons. The molecule has 0 aliphatic rings. The van der Waals surface area contributed by atoms with Gasteiger partial charge in [-0.1, -0.05) is 42.5 Å². The minimum atomic E-state index is -0.820. The number of hydrogen-bond acceptors (Lipinski definition) is 3. The van der Waals surface area contributed by atoms with Crippen LogP contribution in [-0.2, 0) is 4.79 Å². The minimum Gasteiger partial charge on any atom is -0.278 e. The topological polar surface area (TPSA) is 33.2 Å². The number of aromatic nitrogens is 1. The molecule has 4 rings (SSSR count). The quantitative estimate of drug-likeness (QED) is 0.445. The first-order valence-corrected chi connectivity index (χ1v) is 8.68. The molecule has 0 aliphatic heterocycles. The van der Waals surface area contributed by atoms with Gasteiger partial charge in [0.15, 0.2) is 5.13 Å². The fourth-order valence-electron chi connectivity index (χ4n) is 2.83. The lowest BCUT2D eigenvalue weighted by molar-refractivity contribution is -0.106. The summed E-state index contributed by atoms with van der Waals surface area (Å²) in [5, 5.41) is 4.25. The van der Waals surface area contributed by atoms with Crippen LogP contribution in [0.2, 0.25) is 0 Å². The Morgan fingerprint density at radius 2 is 1.81 bits per heavy atom. The second kappa shape index (κ2) is 6.65. The molecule has 0 bridgehead atoms. The van der Waals surface area contributed by atoms with E-state index in [0.29, 0.717) is 17.2 Å². The molecule has 3 nitrogen and oxygen atoms in total. The van der Waals surface area contributed by atoms with Crippen molar-refractivity contribution >= 4 is 39.3 Å². The van der Waals surface area contributed by atoms with Crippen LogP contribution < -0.4 is 4.90 Å². The standard InChI is InChI=1S/C20H12F2N2OS/c21-14-8-9-19(17(22)10-14)24(12-25)20-23-18(11-26-20)16-7-3-5-13-4-1-2-6-15(13)16/h1-12H. The molecule has 0 unspecified atom stereocenters. The summed E-state index contributed by atoms with van der Waals surface area (Å²) < 4.78 is 27.2. The van der Waals surface area contributed by atoms with Crippen LogP contribution in [0.1, 0.15) is 0 Å². The van der Waals surface area contributed by atoms with Crippen LogP contribution in [0.4, 0.5) is 19.6 Å². The van der Waals surface area contributed by atoms with E-state index in [1.807, 2.05) is 47.8 Å². The zero-order valence-corrected chi connectivity index (χ0v) is 14.2. The third kappa shape index (κ3) is 2.84. The van der Waals surface area contributed by atoms with E-state index in [2.05, 4.69) is 4.98 Å². The summed E-state index contributed by atoms with van der Waals surface area (Å²) in [6.07, 6.45) is 0.474. The van der Waals surface area contributed by atoms with Crippen molar-refractivity contribution in [2.24, 2.45) is 0 Å². The number of anilines is 2. The van der Waals surface area contributed by atoms with Gasteiger partial charge in [0, 0.05) is 17.0 Å². The van der Waals surface area contributed by atoms with Crippen molar-refractivity contribution in [2.75, 3.05) is 4.90 Å². The molecule has 1 amide bonds. The summed E-state index contributed by atoms with van der Waals surface area (Å²) in [6.45, 7) is 0. The van der Waals surface area contributed by atoms with Gasteiger partial charge in [0.1, 0.15) is 11.6 Å². The lowest BCUT2D eigenvalue weighted by Gasteiger charge is -2.14. The average Bonchev–Trinajstić information content (AvgIpc) is 3.13. The molecular weight excluding hydrogens is 354 g/mol. The van der Waals surface area contributed by atoms with Crippen LogP contribution in [0, 0.1) is 11.6 Å². The van der Waals surface area contributed by atoms with Gasteiger partial charge in [-0.2, -0.15) is 0 Å². The van der Waals surface area contributed by atoms with Crippen molar-refractivity contribution in [3.8, 4) is 11.3 Å². The molecule has 0 radical (unpaired) electrons. The van der Waals surface area contributed by atoms with Gasteiger partial charge in [0.25, 0.3) is 0 Å². The summed E-state index contributed by atoms with van der Waals surface area (Å²) in [7, 11) is 0. The third-order valence-corrected chi connectivity index (χ3v) is 4.88. The second-order valence-electron chi connectivity index (χ2n) is 5.61. The van der Waals surface area contributed by atoms with Gasteiger partial charge in [-0.25, -0.2) is 13.8 Å². The molecule has 0 aliphatic carbocycles. The maximum atomic E-state index is 14.0. The predicted octanol–water partition coefficient (Wildman–Crippen LogP) is 5.54. The van der Waals surface area contributed by atoms with Crippen LogP contribution in [0.15, 0.2) is 66.0 Å². The zero-order valence-electron chi connectivity index (χ0n) is 13.4. The Balaban J connectivity index is 1.78. The number of nitrogens with zero attached hydrogens (tertiary/aromatic N) is 2. The fourth-order valence-corrected chi connectivity index (χ4v) is 3.63. The van der Waals surface area contributed by atoms with Crippen molar-refractivity contribution in [1.82, 2.24) is 4.98 Å². The van der Waals surface area contributed by atoms with E-state index in [9.17, 15) is 13.6 Å². The largest absolute Gasteiger partial charge is 0.278 e. The van der Waals surface area contributed by atoms with Gasteiger partial charge >= 0.3 is 0 Å². The summed E-state index contributed by atoms with van der Waals surface area (Å²) in [6, 6.07) is 16.9. The van der Waals surface area contributed by atoms with Crippen molar-refractivity contribution in [3.05, 3.63) is 77.7 Å². The van der Waals surface area contributed by atoms with Crippen LogP contribution >= 0.6 is 11.3 Å². The van der Waals surface area contributed by atoms with Gasteiger partial charge in [-0.05, 0) is 22.9 Å². The number of hydrogen-bond donors (Lipinski definition) is 0. The van der Waals surface area contributed by atoms with Gasteiger partial charge in [0.2, 0.25) is 6.41 Å². The van der Waals surface area contributed by atoms with Crippen LogP contribution in [0.5, 0.6) is 0 Å². The van der Waals surface area contributed by atoms with E-state index in [0.717, 1.165) is 33.4 Å². The number of halogens is 2. The van der Waals surface area contributed by atoms with Gasteiger partial charge in [0.05, 0.1) is 11.4 Å². The molecule has 0 saturated heterocycles. The van der Waals surface area contributed by atoms with Crippen molar-refractivity contribution in [3.63, 3.8) is 0 Å². The monoisotopic (exact) mass is 366 g/mol. The first-order valence-electron chi connectivity index (χ1n) is 7.80. The second-order valence-corrected chi connectivity index (χ2v) is 6.45. The van der Waals surface area contributed by atoms with Crippen LogP contribution in [-0.4, -0.2) is 11.4 Å². The lowest BCUT2D eigenvalue weighted by Crippen LogP contribution is -2.15. The zero-order chi connectivity index (χ0) is 18.1. The first-order chi connectivity index (χ1) is 12.7. The van der Waals surface area contributed by atoms with E-state index < -0.39 is 11.6 Å².